The van der Waals surface area contributed by atoms with Crippen LogP contribution in [0.25, 0.3) is 11.6 Å². The number of benzene rings is 1. The van der Waals surface area contributed by atoms with E-state index in [9.17, 15) is 4.79 Å². The first-order valence-electron chi connectivity index (χ1n) is 9.54. The number of hydrogen-bond acceptors (Lipinski definition) is 6. The molecule has 4 rings (SSSR count). The van der Waals surface area contributed by atoms with Gasteiger partial charge in [-0.2, -0.15) is 0 Å². The fourth-order valence-electron chi connectivity index (χ4n) is 3.39. The second-order valence-corrected chi connectivity index (χ2v) is 7.99. The molecule has 1 saturated heterocycles. The van der Waals surface area contributed by atoms with Crippen LogP contribution in [0.2, 0.25) is 5.02 Å². The zero-order valence-corrected chi connectivity index (χ0v) is 17.7. The van der Waals surface area contributed by atoms with Gasteiger partial charge in [-0.05, 0) is 31.2 Å². The minimum Gasteiger partial charge on any atom is -0.461 e. The van der Waals surface area contributed by atoms with Crippen LogP contribution in [0.15, 0.2) is 52.2 Å². The lowest BCUT2D eigenvalue weighted by Gasteiger charge is -2.36. The van der Waals surface area contributed by atoms with Crippen molar-refractivity contribution in [2.75, 3.05) is 36.8 Å². The summed E-state index contributed by atoms with van der Waals surface area (Å²) < 4.78 is 7.39. The third kappa shape index (κ3) is 4.28. The summed E-state index contributed by atoms with van der Waals surface area (Å²) in [5.74, 6) is 1.80. The monoisotopic (exact) mass is 431 g/mol. The Morgan fingerprint density at radius 1 is 1.14 bits per heavy atom. The Balaban J connectivity index is 1.34. The van der Waals surface area contributed by atoms with Crippen molar-refractivity contribution in [3.8, 4) is 11.6 Å². The highest BCUT2D eigenvalue weighted by molar-refractivity contribution is 7.99. The summed E-state index contributed by atoms with van der Waals surface area (Å²) >= 11 is 7.71. The predicted octanol–water partition coefficient (Wildman–Crippen LogP) is 3.65. The summed E-state index contributed by atoms with van der Waals surface area (Å²) in [6, 6.07) is 11.5. The molecule has 0 bridgehead atoms. The number of amides is 1. The van der Waals surface area contributed by atoms with Crippen LogP contribution < -0.4 is 4.90 Å². The smallest absolute Gasteiger partial charge is 0.233 e. The number of hydrogen-bond donors (Lipinski definition) is 0. The Labute approximate surface area is 178 Å². The molecule has 0 aliphatic carbocycles. The summed E-state index contributed by atoms with van der Waals surface area (Å²) in [4.78, 5) is 16.8. The van der Waals surface area contributed by atoms with Gasteiger partial charge in [0.1, 0.15) is 0 Å². The first-order valence-corrected chi connectivity index (χ1v) is 10.9. The molecule has 3 heterocycles. The van der Waals surface area contributed by atoms with E-state index in [-0.39, 0.29) is 5.91 Å². The standard InChI is InChI=1S/C20H22ClN5O2S/c1-2-26-19(17-8-5-13-28-17)22-23-20(26)29-14-18(27)25-11-9-24(10-12-25)16-7-4-3-6-15(16)21/h3-8,13H,2,9-12,14H2,1H3. The number of anilines is 1. The Hall–Kier alpha value is -2.45. The van der Waals surface area contributed by atoms with E-state index >= 15 is 0 Å². The van der Waals surface area contributed by atoms with Gasteiger partial charge in [-0.25, -0.2) is 0 Å². The van der Waals surface area contributed by atoms with Gasteiger partial charge in [-0.15, -0.1) is 10.2 Å². The number of carbonyl (C=O) groups is 1. The molecule has 0 atom stereocenters. The molecule has 9 heteroatoms. The van der Waals surface area contributed by atoms with Crippen LogP contribution in [0.4, 0.5) is 5.69 Å². The SMILES string of the molecule is CCn1c(SCC(=O)N2CCN(c3ccccc3Cl)CC2)nnc1-c1ccco1. The van der Waals surface area contributed by atoms with Crippen LogP contribution in [0.5, 0.6) is 0 Å². The van der Waals surface area contributed by atoms with Crippen molar-refractivity contribution in [3.05, 3.63) is 47.7 Å². The molecule has 1 aliphatic heterocycles. The highest BCUT2D eigenvalue weighted by atomic mass is 35.5. The number of piperazine rings is 1. The van der Waals surface area contributed by atoms with Crippen molar-refractivity contribution in [2.45, 2.75) is 18.6 Å². The number of rotatable bonds is 6. The van der Waals surface area contributed by atoms with Crippen LogP contribution in [0.1, 0.15) is 6.92 Å². The highest BCUT2D eigenvalue weighted by Gasteiger charge is 2.23. The summed E-state index contributed by atoms with van der Waals surface area (Å²) in [5, 5.41) is 9.94. The number of furan rings is 1. The zero-order chi connectivity index (χ0) is 20.2. The molecule has 0 saturated carbocycles. The minimum atomic E-state index is 0.110. The van der Waals surface area contributed by atoms with Gasteiger partial charge in [0.2, 0.25) is 5.91 Å². The first-order chi connectivity index (χ1) is 14.2. The van der Waals surface area contributed by atoms with Crippen molar-refractivity contribution in [1.29, 1.82) is 0 Å². The Kier molecular flexibility index (Phi) is 6.10. The maximum absolute atomic E-state index is 12.7. The Morgan fingerprint density at radius 2 is 1.93 bits per heavy atom. The van der Waals surface area contributed by atoms with Gasteiger partial charge in [0.25, 0.3) is 0 Å². The second-order valence-electron chi connectivity index (χ2n) is 6.64. The second kappa shape index (κ2) is 8.92. The molecule has 3 aromatic rings. The van der Waals surface area contributed by atoms with Crippen molar-refractivity contribution in [1.82, 2.24) is 19.7 Å². The number of carbonyl (C=O) groups excluding carboxylic acids is 1. The molecular weight excluding hydrogens is 410 g/mol. The molecule has 1 amide bonds. The predicted molar refractivity (Wildman–Crippen MR) is 114 cm³/mol. The summed E-state index contributed by atoms with van der Waals surface area (Å²) in [6.45, 7) is 5.64. The average molecular weight is 432 g/mol. The van der Waals surface area contributed by atoms with Crippen LogP contribution in [0.3, 0.4) is 0 Å². The van der Waals surface area contributed by atoms with E-state index in [0.29, 0.717) is 37.0 Å². The van der Waals surface area contributed by atoms with Crippen molar-refractivity contribution in [2.24, 2.45) is 0 Å². The van der Waals surface area contributed by atoms with Gasteiger partial charge in [-0.1, -0.05) is 35.5 Å². The van der Waals surface area contributed by atoms with Gasteiger partial charge >= 0.3 is 0 Å². The van der Waals surface area contributed by atoms with E-state index in [0.717, 1.165) is 29.0 Å². The van der Waals surface area contributed by atoms with E-state index in [1.54, 1.807) is 6.26 Å². The van der Waals surface area contributed by atoms with Crippen LogP contribution >= 0.6 is 23.4 Å². The van der Waals surface area contributed by atoms with Gasteiger partial charge in [0, 0.05) is 32.7 Å². The van der Waals surface area contributed by atoms with Gasteiger partial charge in [0.05, 0.1) is 22.7 Å². The van der Waals surface area contributed by atoms with E-state index < -0.39 is 0 Å². The maximum atomic E-state index is 12.7. The van der Waals surface area contributed by atoms with Gasteiger partial charge < -0.3 is 14.2 Å². The molecule has 2 aromatic heterocycles. The van der Waals surface area contributed by atoms with E-state index in [2.05, 4.69) is 15.1 Å². The normalized spacial score (nSPS) is 14.4. The van der Waals surface area contributed by atoms with E-state index in [1.165, 1.54) is 11.8 Å². The molecule has 1 fully saturated rings. The van der Waals surface area contributed by atoms with E-state index in [4.69, 9.17) is 16.0 Å². The zero-order valence-electron chi connectivity index (χ0n) is 16.1. The topological polar surface area (TPSA) is 67.4 Å². The molecule has 1 aliphatic rings. The number of nitrogens with zero attached hydrogens (tertiary/aromatic N) is 5. The molecule has 0 radical (unpaired) electrons. The maximum Gasteiger partial charge on any atom is 0.233 e. The third-order valence-corrected chi connectivity index (χ3v) is 6.20. The lowest BCUT2D eigenvalue weighted by Crippen LogP contribution is -2.49. The fourth-order valence-corrected chi connectivity index (χ4v) is 4.55. The average Bonchev–Trinajstić information content (AvgIpc) is 3.42. The molecular formula is C20H22ClN5O2S. The summed E-state index contributed by atoms with van der Waals surface area (Å²) in [5.41, 5.74) is 1.03. The lowest BCUT2D eigenvalue weighted by molar-refractivity contribution is -0.128. The van der Waals surface area contributed by atoms with Gasteiger partial charge in [-0.3, -0.25) is 9.36 Å². The number of aromatic nitrogens is 3. The molecule has 0 N–H and O–H groups in total. The minimum absolute atomic E-state index is 0.110. The molecule has 29 heavy (non-hydrogen) atoms. The lowest BCUT2D eigenvalue weighted by atomic mass is 10.2. The van der Waals surface area contributed by atoms with Crippen molar-refractivity contribution >= 4 is 35.0 Å². The molecule has 0 unspecified atom stereocenters. The summed E-state index contributed by atoms with van der Waals surface area (Å²) in [7, 11) is 0. The Morgan fingerprint density at radius 3 is 2.62 bits per heavy atom. The molecule has 0 spiro atoms. The highest BCUT2D eigenvalue weighted by Crippen LogP contribution is 2.27. The van der Waals surface area contributed by atoms with Crippen molar-refractivity contribution in [3.63, 3.8) is 0 Å². The van der Waals surface area contributed by atoms with Crippen LogP contribution in [0, 0.1) is 0 Å². The van der Waals surface area contributed by atoms with Gasteiger partial charge in [0.15, 0.2) is 16.7 Å². The van der Waals surface area contributed by atoms with E-state index in [1.807, 2.05) is 52.8 Å². The number of halogens is 1. The van der Waals surface area contributed by atoms with Crippen LogP contribution in [-0.4, -0.2) is 57.5 Å². The quantitative estimate of drug-likeness (QED) is 0.555. The third-order valence-electron chi connectivity index (χ3n) is 4.92. The number of thioether (sulfide) groups is 1. The Bertz CT molecular complexity index is 967. The molecule has 152 valence electrons. The summed E-state index contributed by atoms with van der Waals surface area (Å²) in [6.07, 6.45) is 1.61. The largest absolute Gasteiger partial charge is 0.461 e. The van der Waals surface area contributed by atoms with Crippen molar-refractivity contribution < 1.29 is 9.21 Å². The molecule has 7 nitrogen and oxygen atoms in total. The first kappa shape index (κ1) is 19.8. The fraction of sp³-hybridized carbons (Fsp3) is 0.350. The molecule has 1 aromatic carbocycles. The number of para-hydroxylation sites is 1. The van der Waals surface area contributed by atoms with Crippen LogP contribution in [-0.2, 0) is 11.3 Å².